The third kappa shape index (κ3) is 4.26. The molecule has 1 fully saturated rings. The van der Waals surface area contributed by atoms with Crippen LogP contribution in [0.2, 0.25) is 0 Å². The van der Waals surface area contributed by atoms with Crippen molar-refractivity contribution in [2.75, 3.05) is 32.1 Å². The van der Waals surface area contributed by atoms with Crippen molar-refractivity contribution in [1.82, 2.24) is 9.88 Å². The van der Waals surface area contributed by atoms with E-state index in [4.69, 9.17) is 9.72 Å². The van der Waals surface area contributed by atoms with Gasteiger partial charge in [-0.1, -0.05) is 12.1 Å². The third-order valence-corrected chi connectivity index (χ3v) is 7.96. The number of esters is 1. The van der Waals surface area contributed by atoms with Gasteiger partial charge in [-0.3, -0.25) is 9.69 Å². The lowest BCUT2D eigenvalue weighted by Crippen LogP contribution is -2.38. The molecule has 0 radical (unpaired) electrons. The number of likely N-dealkylation sites (tertiary alicyclic amines) is 1. The first kappa shape index (κ1) is 21.0. The Labute approximate surface area is 183 Å². The van der Waals surface area contributed by atoms with Gasteiger partial charge in [0.15, 0.2) is 0 Å². The van der Waals surface area contributed by atoms with Gasteiger partial charge in [-0.05, 0) is 57.5 Å². The summed E-state index contributed by atoms with van der Waals surface area (Å²) < 4.78 is 6.11. The second-order valence-corrected chi connectivity index (χ2v) is 9.88. The first-order chi connectivity index (χ1) is 14.5. The lowest BCUT2D eigenvalue weighted by molar-refractivity contribution is -0.117. The summed E-state index contributed by atoms with van der Waals surface area (Å²) in [5.41, 5.74) is 2.39. The summed E-state index contributed by atoms with van der Waals surface area (Å²) in [5.74, 6) is -0.0566. The maximum atomic E-state index is 12.6. The van der Waals surface area contributed by atoms with E-state index in [2.05, 4.69) is 22.3 Å². The van der Waals surface area contributed by atoms with Crippen molar-refractivity contribution in [3.8, 4) is 0 Å². The standard InChI is InChI=1S/C22H25N3O3S2/c1-13-14(2)29-21(19(13)22(27)28-3)24-18(26)12-25-10-8-15(9-11-25)20-23-16-6-4-5-7-17(16)30-20/h4-7,15H,8-12H2,1-3H3,(H,24,26). The number of nitrogens with one attached hydrogen (secondary N) is 1. The number of benzene rings is 1. The zero-order valence-corrected chi connectivity index (χ0v) is 19.0. The summed E-state index contributed by atoms with van der Waals surface area (Å²) in [6, 6.07) is 8.25. The number of carbonyl (C=O) groups excluding carboxylic acids is 2. The van der Waals surface area contributed by atoms with Gasteiger partial charge >= 0.3 is 5.97 Å². The van der Waals surface area contributed by atoms with Crippen molar-refractivity contribution in [2.45, 2.75) is 32.6 Å². The molecule has 0 spiro atoms. The minimum atomic E-state index is -0.413. The number of nitrogens with zero attached hydrogens (tertiary/aromatic N) is 2. The van der Waals surface area contributed by atoms with Crippen LogP contribution in [0.15, 0.2) is 24.3 Å². The van der Waals surface area contributed by atoms with Crippen molar-refractivity contribution in [3.05, 3.63) is 45.3 Å². The van der Waals surface area contributed by atoms with Crippen LogP contribution in [0.25, 0.3) is 10.2 Å². The first-order valence-corrected chi connectivity index (χ1v) is 11.7. The average Bonchev–Trinajstić information content (AvgIpc) is 3.29. The highest BCUT2D eigenvalue weighted by Gasteiger charge is 2.26. The number of thiazole rings is 1. The van der Waals surface area contributed by atoms with Gasteiger partial charge in [0.1, 0.15) is 5.00 Å². The summed E-state index contributed by atoms with van der Waals surface area (Å²) >= 11 is 3.20. The van der Waals surface area contributed by atoms with Crippen molar-refractivity contribution in [1.29, 1.82) is 0 Å². The SMILES string of the molecule is COC(=O)c1c(NC(=O)CN2CCC(c3nc4ccccc4s3)CC2)sc(C)c1C. The smallest absolute Gasteiger partial charge is 0.341 e. The average molecular weight is 444 g/mol. The minimum Gasteiger partial charge on any atom is -0.465 e. The molecule has 2 aromatic heterocycles. The number of carbonyl (C=O) groups is 2. The largest absolute Gasteiger partial charge is 0.465 e. The second-order valence-electron chi connectivity index (χ2n) is 7.60. The van der Waals surface area contributed by atoms with Gasteiger partial charge in [-0.25, -0.2) is 9.78 Å². The van der Waals surface area contributed by atoms with Crippen LogP contribution < -0.4 is 5.32 Å². The number of piperidine rings is 1. The molecular formula is C22H25N3O3S2. The maximum Gasteiger partial charge on any atom is 0.341 e. The Morgan fingerprint density at radius 2 is 1.93 bits per heavy atom. The highest BCUT2D eigenvalue weighted by atomic mass is 32.1. The molecule has 0 bridgehead atoms. The Bertz CT molecular complexity index is 1050. The highest BCUT2D eigenvalue weighted by molar-refractivity contribution is 7.18. The number of amides is 1. The topological polar surface area (TPSA) is 71.5 Å². The number of fused-ring (bicyclic) bond motifs is 1. The number of hydrogen-bond acceptors (Lipinski definition) is 7. The quantitative estimate of drug-likeness (QED) is 0.585. The molecule has 4 rings (SSSR count). The van der Waals surface area contributed by atoms with E-state index >= 15 is 0 Å². The van der Waals surface area contributed by atoms with E-state index in [0.717, 1.165) is 41.9 Å². The van der Waals surface area contributed by atoms with Gasteiger partial charge in [-0.2, -0.15) is 0 Å². The van der Waals surface area contributed by atoms with Crippen molar-refractivity contribution in [2.24, 2.45) is 0 Å². The summed E-state index contributed by atoms with van der Waals surface area (Å²) in [5, 5.41) is 4.70. The highest BCUT2D eigenvalue weighted by Crippen LogP contribution is 2.35. The first-order valence-electron chi connectivity index (χ1n) is 10.0. The van der Waals surface area contributed by atoms with Crippen LogP contribution in [0, 0.1) is 13.8 Å². The maximum absolute atomic E-state index is 12.6. The minimum absolute atomic E-state index is 0.0974. The Kier molecular flexibility index (Phi) is 6.17. The summed E-state index contributed by atoms with van der Waals surface area (Å²) in [6.07, 6.45) is 2.00. The number of hydrogen-bond donors (Lipinski definition) is 1. The number of methoxy groups -OCH3 is 1. The Hall–Kier alpha value is -2.29. The van der Waals surface area contributed by atoms with Gasteiger partial charge in [0, 0.05) is 10.8 Å². The van der Waals surface area contributed by atoms with E-state index < -0.39 is 5.97 Å². The van der Waals surface area contributed by atoms with E-state index in [0.29, 0.717) is 23.0 Å². The van der Waals surface area contributed by atoms with E-state index in [1.807, 2.05) is 26.0 Å². The number of aromatic nitrogens is 1. The number of para-hydroxylation sites is 1. The van der Waals surface area contributed by atoms with Crippen molar-refractivity contribution in [3.63, 3.8) is 0 Å². The van der Waals surface area contributed by atoms with E-state index in [9.17, 15) is 9.59 Å². The molecule has 1 N–H and O–H groups in total. The van der Waals surface area contributed by atoms with Crippen LogP contribution in [0.3, 0.4) is 0 Å². The van der Waals surface area contributed by atoms with Gasteiger partial charge < -0.3 is 10.1 Å². The predicted octanol–water partition coefficient (Wildman–Crippen LogP) is 4.58. The molecule has 0 unspecified atom stereocenters. The van der Waals surface area contributed by atoms with E-state index in [1.165, 1.54) is 28.2 Å². The van der Waals surface area contributed by atoms with Crippen LogP contribution in [0.1, 0.15) is 44.6 Å². The van der Waals surface area contributed by atoms with Crippen molar-refractivity contribution < 1.29 is 14.3 Å². The monoisotopic (exact) mass is 443 g/mol. The molecule has 3 aromatic rings. The third-order valence-electron chi connectivity index (χ3n) is 5.64. The predicted molar refractivity (Wildman–Crippen MR) is 122 cm³/mol. The molecule has 1 amide bonds. The fraction of sp³-hybridized carbons (Fsp3) is 0.409. The Morgan fingerprint density at radius 3 is 2.63 bits per heavy atom. The number of ether oxygens (including phenoxy) is 1. The molecule has 1 aromatic carbocycles. The Balaban J connectivity index is 1.35. The molecular weight excluding hydrogens is 418 g/mol. The summed E-state index contributed by atoms with van der Waals surface area (Å²) in [7, 11) is 1.36. The molecule has 6 nitrogen and oxygen atoms in total. The molecule has 0 aliphatic carbocycles. The molecule has 158 valence electrons. The van der Waals surface area contributed by atoms with Crippen LogP contribution in [0.4, 0.5) is 5.00 Å². The normalized spacial score (nSPS) is 15.4. The van der Waals surface area contributed by atoms with Crippen LogP contribution in [0.5, 0.6) is 0 Å². The zero-order chi connectivity index (χ0) is 21.3. The van der Waals surface area contributed by atoms with Crippen LogP contribution in [-0.2, 0) is 9.53 Å². The lowest BCUT2D eigenvalue weighted by Gasteiger charge is -2.30. The lowest BCUT2D eigenvalue weighted by atomic mass is 9.97. The van der Waals surface area contributed by atoms with Crippen LogP contribution >= 0.6 is 22.7 Å². The Morgan fingerprint density at radius 1 is 1.20 bits per heavy atom. The molecule has 0 atom stereocenters. The molecule has 0 saturated carbocycles. The number of thiophene rings is 1. The molecule has 1 saturated heterocycles. The van der Waals surface area contributed by atoms with Gasteiger partial charge in [-0.15, -0.1) is 22.7 Å². The van der Waals surface area contributed by atoms with Gasteiger partial charge in [0.2, 0.25) is 5.91 Å². The number of anilines is 1. The summed E-state index contributed by atoms with van der Waals surface area (Å²) in [4.78, 5) is 32.7. The fourth-order valence-corrected chi connectivity index (χ4v) is 6.04. The van der Waals surface area contributed by atoms with Gasteiger partial charge in [0.05, 0.1) is 34.4 Å². The van der Waals surface area contributed by atoms with E-state index in [1.54, 1.807) is 11.3 Å². The molecule has 8 heteroatoms. The van der Waals surface area contributed by atoms with Crippen LogP contribution in [-0.4, -0.2) is 48.5 Å². The fourth-order valence-electron chi connectivity index (χ4n) is 3.83. The second kappa shape index (κ2) is 8.83. The van der Waals surface area contributed by atoms with Gasteiger partial charge in [0.25, 0.3) is 0 Å². The number of aryl methyl sites for hydroxylation is 1. The molecule has 30 heavy (non-hydrogen) atoms. The zero-order valence-electron chi connectivity index (χ0n) is 17.4. The molecule has 3 heterocycles. The van der Waals surface area contributed by atoms with Crippen molar-refractivity contribution >= 4 is 49.8 Å². The molecule has 1 aliphatic rings. The number of rotatable bonds is 5. The van der Waals surface area contributed by atoms with E-state index in [-0.39, 0.29) is 5.91 Å². The molecule has 1 aliphatic heterocycles. The summed E-state index contributed by atoms with van der Waals surface area (Å²) in [6.45, 7) is 5.86.